The van der Waals surface area contributed by atoms with E-state index in [4.69, 9.17) is 0 Å². The van der Waals surface area contributed by atoms with E-state index in [1.807, 2.05) is 41.9 Å². The maximum Gasteiger partial charge on any atom is 0.193 e. The molecule has 1 atom stereocenters. The van der Waals surface area contributed by atoms with E-state index in [0.717, 1.165) is 37.7 Å². The summed E-state index contributed by atoms with van der Waals surface area (Å²) in [5.74, 6) is 1.48. The monoisotopic (exact) mass is 363 g/mol. The third kappa shape index (κ3) is 3.86. The molecule has 7 heteroatoms. The molecular formula is C20H25N7. The minimum Gasteiger partial charge on any atom is -0.352 e. The minimum atomic E-state index is 0.519. The van der Waals surface area contributed by atoms with Crippen LogP contribution in [0.4, 0.5) is 0 Å². The van der Waals surface area contributed by atoms with Crippen molar-refractivity contribution in [2.45, 2.75) is 18.9 Å². The van der Waals surface area contributed by atoms with Crippen LogP contribution in [0.5, 0.6) is 0 Å². The van der Waals surface area contributed by atoms with Crippen molar-refractivity contribution in [1.29, 1.82) is 0 Å². The lowest BCUT2D eigenvalue weighted by molar-refractivity contribution is 0.486. The highest BCUT2D eigenvalue weighted by Crippen LogP contribution is 2.26. The molecule has 2 aromatic heterocycles. The van der Waals surface area contributed by atoms with Gasteiger partial charge in [0.25, 0.3) is 0 Å². The molecule has 0 spiro atoms. The Morgan fingerprint density at radius 1 is 1.26 bits per heavy atom. The number of rotatable bonds is 4. The SMILES string of the molecule is CN=C(NCc1ccc(-n2cccn2)cc1)N1CCC(c2cnn(C)c2)C1. The second-order valence-corrected chi connectivity index (χ2v) is 6.90. The molecule has 1 N–H and O–H groups in total. The molecule has 3 aromatic rings. The number of likely N-dealkylation sites (tertiary alicyclic amines) is 1. The summed E-state index contributed by atoms with van der Waals surface area (Å²) >= 11 is 0. The van der Waals surface area contributed by atoms with Crippen LogP contribution in [-0.4, -0.2) is 50.6 Å². The van der Waals surface area contributed by atoms with Crippen molar-refractivity contribution >= 4 is 5.96 Å². The Morgan fingerprint density at radius 2 is 2.11 bits per heavy atom. The molecule has 1 saturated heterocycles. The summed E-state index contributed by atoms with van der Waals surface area (Å²) in [7, 11) is 3.81. The van der Waals surface area contributed by atoms with Gasteiger partial charge in [0, 0.05) is 58.2 Å². The summed E-state index contributed by atoms with van der Waals surface area (Å²) in [5.41, 5.74) is 3.59. The normalized spacial score (nSPS) is 17.5. The van der Waals surface area contributed by atoms with Crippen molar-refractivity contribution in [1.82, 2.24) is 29.8 Å². The van der Waals surface area contributed by atoms with Crippen LogP contribution in [-0.2, 0) is 13.6 Å². The van der Waals surface area contributed by atoms with Crippen molar-refractivity contribution in [3.63, 3.8) is 0 Å². The molecule has 27 heavy (non-hydrogen) atoms. The van der Waals surface area contributed by atoms with Crippen LogP contribution in [0.25, 0.3) is 5.69 Å². The Hall–Kier alpha value is -3.09. The zero-order valence-corrected chi connectivity index (χ0v) is 15.8. The minimum absolute atomic E-state index is 0.519. The second kappa shape index (κ2) is 7.65. The van der Waals surface area contributed by atoms with Crippen molar-refractivity contribution in [3.8, 4) is 5.69 Å². The zero-order valence-electron chi connectivity index (χ0n) is 15.8. The second-order valence-electron chi connectivity index (χ2n) is 6.90. The molecule has 0 aliphatic carbocycles. The van der Waals surface area contributed by atoms with E-state index in [-0.39, 0.29) is 0 Å². The molecular weight excluding hydrogens is 338 g/mol. The first-order chi connectivity index (χ1) is 13.2. The summed E-state index contributed by atoms with van der Waals surface area (Å²) in [6, 6.07) is 10.3. The third-order valence-corrected chi connectivity index (χ3v) is 5.05. The van der Waals surface area contributed by atoms with Gasteiger partial charge in [0.05, 0.1) is 11.9 Å². The largest absolute Gasteiger partial charge is 0.352 e. The van der Waals surface area contributed by atoms with E-state index in [0.29, 0.717) is 5.92 Å². The molecule has 0 radical (unpaired) electrons. The van der Waals surface area contributed by atoms with Crippen molar-refractivity contribution < 1.29 is 0 Å². The maximum atomic E-state index is 4.47. The number of nitrogens with one attached hydrogen (secondary N) is 1. The molecule has 0 bridgehead atoms. The average molecular weight is 363 g/mol. The molecule has 1 unspecified atom stereocenters. The topological polar surface area (TPSA) is 63.3 Å². The molecule has 0 saturated carbocycles. The number of aliphatic imine (C=N–C) groups is 1. The highest BCUT2D eigenvalue weighted by molar-refractivity contribution is 5.80. The van der Waals surface area contributed by atoms with Gasteiger partial charge in [-0.15, -0.1) is 0 Å². The number of hydrogen-bond acceptors (Lipinski definition) is 3. The summed E-state index contributed by atoms with van der Waals surface area (Å²) in [6.45, 7) is 2.74. The molecule has 7 nitrogen and oxygen atoms in total. The van der Waals surface area contributed by atoms with Crippen LogP contribution in [0.2, 0.25) is 0 Å². The van der Waals surface area contributed by atoms with Gasteiger partial charge in [0.1, 0.15) is 0 Å². The molecule has 4 rings (SSSR count). The summed E-state index contributed by atoms with van der Waals surface area (Å²) in [4.78, 5) is 6.80. The van der Waals surface area contributed by atoms with Crippen LogP contribution in [0, 0.1) is 0 Å². The molecule has 1 aliphatic heterocycles. The zero-order chi connectivity index (χ0) is 18.6. The van der Waals surface area contributed by atoms with Crippen LogP contribution in [0.3, 0.4) is 0 Å². The first-order valence-corrected chi connectivity index (χ1v) is 9.26. The van der Waals surface area contributed by atoms with E-state index in [1.165, 1.54) is 11.1 Å². The predicted molar refractivity (Wildman–Crippen MR) is 106 cm³/mol. The summed E-state index contributed by atoms with van der Waals surface area (Å²) in [6.07, 6.45) is 8.96. The van der Waals surface area contributed by atoms with Crippen LogP contribution < -0.4 is 5.32 Å². The fraction of sp³-hybridized carbons (Fsp3) is 0.350. The number of hydrogen-bond donors (Lipinski definition) is 1. The number of aromatic nitrogens is 4. The van der Waals surface area contributed by atoms with Gasteiger partial charge >= 0.3 is 0 Å². The lowest BCUT2D eigenvalue weighted by Crippen LogP contribution is -2.39. The first kappa shape index (κ1) is 17.3. The maximum absolute atomic E-state index is 4.47. The fourth-order valence-electron chi connectivity index (χ4n) is 3.58. The van der Waals surface area contributed by atoms with E-state index < -0.39 is 0 Å². The Labute approximate surface area is 159 Å². The first-order valence-electron chi connectivity index (χ1n) is 9.26. The van der Waals surface area contributed by atoms with Gasteiger partial charge < -0.3 is 10.2 Å². The average Bonchev–Trinajstić information content (AvgIpc) is 3.44. The standard InChI is InChI=1S/C20H25N7/c1-21-20(26-11-8-17(15-26)18-13-24-25(2)14-18)22-12-16-4-6-19(7-5-16)27-10-3-9-23-27/h3-7,9-10,13-14,17H,8,11-12,15H2,1-2H3,(H,21,22). The van der Waals surface area contributed by atoms with E-state index in [1.54, 1.807) is 6.20 Å². The number of benzene rings is 1. The van der Waals surface area contributed by atoms with Crippen molar-refractivity contribution in [3.05, 3.63) is 66.2 Å². The predicted octanol–water partition coefficient (Wildman–Crippen LogP) is 2.17. The van der Waals surface area contributed by atoms with Gasteiger partial charge in [-0.05, 0) is 35.7 Å². The van der Waals surface area contributed by atoms with Crippen LogP contribution in [0.15, 0.2) is 60.1 Å². The number of aryl methyl sites for hydroxylation is 1. The summed E-state index contributed by atoms with van der Waals surface area (Å²) < 4.78 is 3.73. The highest BCUT2D eigenvalue weighted by Gasteiger charge is 2.26. The Balaban J connectivity index is 1.34. The van der Waals surface area contributed by atoms with Crippen molar-refractivity contribution in [2.75, 3.05) is 20.1 Å². The van der Waals surface area contributed by atoms with E-state index in [2.05, 4.69) is 55.9 Å². The van der Waals surface area contributed by atoms with Crippen LogP contribution >= 0.6 is 0 Å². The quantitative estimate of drug-likeness (QED) is 0.570. The Kier molecular flexibility index (Phi) is 4.91. The van der Waals surface area contributed by atoms with Crippen LogP contribution in [0.1, 0.15) is 23.5 Å². The Morgan fingerprint density at radius 3 is 2.78 bits per heavy atom. The molecule has 0 amide bonds. The lowest BCUT2D eigenvalue weighted by Gasteiger charge is -2.21. The van der Waals surface area contributed by atoms with Gasteiger partial charge in [-0.1, -0.05) is 12.1 Å². The molecule has 3 heterocycles. The fourth-order valence-corrected chi connectivity index (χ4v) is 3.58. The number of nitrogens with zero attached hydrogens (tertiary/aromatic N) is 6. The van der Waals surface area contributed by atoms with Gasteiger partial charge in [-0.3, -0.25) is 9.67 Å². The van der Waals surface area contributed by atoms with Gasteiger partial charge in [-0.2, -0.15) is 10.2 Å². The van der Waals surface area contributed by atoms with Crippen molar-refractivity contribution in [2.24, 2.45) is 12.0 Å². The molecule has 1 aliphatic rings. The Bertz CT molecular complexity index is 893. The van der Waals surface area contributed by atoms with E-state index >= 15 is 0 Å². The van der Waals surface area contributed by atoms with Gasteiger partial charge in [0.2, 0.25) is 0 Å². The molecule has 1 fully saturated rings. The highest BCUT2D eigenvalue weighted by atomic mass is 15.3. The smallest absolute Gasteiger partial charge is 0.193 e. The molecule has 140 valence electrons. The van der Waals surface area contributed by atoms with Gasteiger partial charge in [0.15, 0.2) is 5.96 Å². The van der Waals surface area contributed by atoms with E-state index in [9.17, 15) is 0 Å². The lowest BCUT2D eigenvalue weighted by atomic mass is 10.0. The number of guanidine groups is 1. The molecule has 1 aromatic carbocycles. The third-order valence-electron chi connectivity index (χ3n) is 5.05. The summed E-state index contributed by atoms with van der Waals surface area (Å²) in [5, 5.41) is 12.0. The van der Waals surface area contributed by atoms with Gasteiger partial charge in [-0.25, -0.2) is 4.68 Å².